The number of hydrogen-bond acceptors (Lipinski definition) is 4. The number of piperazine rings is 1. The van der Waals surface area contributed by atoms with Crippen LogP contribution >= 0.6 is 0 Å². The van der Waals surface area contributed by atoms with Crippen LogP contribution in [-0.2, 0) is 9.59 Å². The van der Waals surface area contributed by atoms with Gasteiger partial charge in [-0.1, -0.05) is 26.0 Å². The fraction of sp³-hybridized carbons (Fsp3) is 0.600. The quantitative estimate of drug-likeness (QED) is 0.805. The molecule has 0 unspecified atom stereocenters. The van der Waals surface area contributed by atoms with Crippen LogP contribution in [-0.4, -0.2) is 67.0 Å². The molecule has 6 nitrogen and oxygen atoms in total. The third-order valence-electron chi connectivity index (χ3n) is 4.43. The molecule has 1 aromatic carbocycles. The van der Waals surface area contributed by atoms with Crippen LogP contribution in [0.15, 0.2) is 24.3 Å². The van der Waals surface area contributed by atoms with Gasteiger partial charge in [0.1, 0.15) is 5.75 Å². The van der Waals surface area contributed by atoms with Crippen LogP contribution in [0.2, 0.25) is 0 Å². The van der Waals surface area contributed by atoms with E-state index >= 15 is 0 Å². The number of ether oxygens (including phenoxy) is 1. The first kappa shape index (κ1) is 20.2. The Kier molecular flexibility index (Phi) is 7.45. The van der Waals surface area contributed by atoms with Gasteiger partial charge in [0.15, 0.2) is 6.61 Å². The number of benzene rings is 1. The average molecular weight is 361 g/mol. The summed E-state index contributed by atoms with van der Waals surface area (Å²) >= 11 is 0. The highest BCUT2D eigenvalue weighted by Gasteiger charge is 2.22. The van der Waals surface area contributed by atoms with Crippen LogP contribution in [0.5, 0.6) is 5.75 Å². The molecule has 0 radical (unpaired) electrons. The lowest BCUT2D eigenvalue weighted by Crippen LogP contribution is -2.52. The number of rotatable bonds is 7. The summed E-state index contributed by atoms with van der Waals surface area (Å²) in [5, 5.41) is 2.89. The second-order valence-electron chi connectivity index (χ2n) is 7.40. The van der Waals surface area contributed by atoms with Crippen molar-refractivity contribution in [2.75, 3.05) is 39.3 Å². The van der Waals surface area contributed by atoms with Crippen molar-refractivity contribution in [3.05, 3.63) is 29.8 Å². The molecule has 0 aliphatic carbocycles. The van der Waals surface area contributed by atoms with Gasteiger partial charge in [-0.2, -0.15) is 0 Å². The minimum absolute atomic E-state index is 0.00812. The Morgan fingerprint density at radius 2 is 1.81 bits per heavy atom. The molecule has 0 saturated carbocycles. The molecule has 1 fully saturated rings. The summed E-state index contributed by atoms with van der Waals surface area (Å²) in [5.74, 6) is 1.18. The lowest BCUT2D eigenvalue weighted by molar-refractivity contribution is -0.135. The van der Waals surface area contributed by atoms with E-state index in [2.05, 4.69) is 30.1 Å². The summed E-state index contributed by atoms with van der Waals surface area (Å²) in [7, 11) is 0. The fourth-order valence-corrected chi connectivity index (χ4v) is 2.93. The van der Waals surface area contributed by atoms with E-state index < -0.39 is 0 Å². The summed E-state index contributed by atoms with van der Waals surface area (Å²) in [4.78, 5) is 28.1. The summed E-state index contributed by atoms with van der Waals surface area (Å²) in [6, 6.07) is 8.04. The maximum absolute atomic E-state index is 12.4. The van der Waals surface area contributed by atoms with E-state index in [1.807, 2.05) is 36.9 Å². The maximum atomic E-state index is 12.4. The molecular formula is C20H31N3O3. The number of amides is 2. The number of nitrogens with zero attached hydrogens (tertiary/aromatic N) is 2. The van der Waals surface area contributed by atoms with Gasteiger partial charge in [0.25, 0.3) is 5.91 Å². The molecule has 1 aromatic rings. The van der Waals surface area contributed by atoms with Crippen molar-refractivity contribution in [1.82, 2.24) is 15.1 Å². The van der Waals surface area contributed by atoms with Gasteiger partial charge < -0.3 is 15.0 Å². The molecule has 0 atom stereocenters. The third kappa shape index (κ3) is 6.33. The first-order chi connectivity index (χ1) is 12.3. The maximum Gasteiger partial charge on any atom is 0.260 e. The van der Waals surface area contributed by atoms with Crippen molar-refractivity contribution in [2.24, 2.45) is 0 Å². The molecule has 1 N–H and O–H groups in total. The van der Waals surface area contributed by atoms with Gasteiger partial charge >= 0.3 is 0 Å². The molecule has 2 amide bonds. The second kappa shape index (κ2) is 9.57. The van der Waals surface area contributed by atoms with Crippen LogP contribution in [0.25, 0.3) is 0 Å². The first-order valence-corrected chi connectivity index (χ1v) is 9.37. The number of nitrogens with one attached hydrogen (secondary N) is 1. The van der Waals surface area contributed by atoms with Gasteiger partial charge in [-0.15, -0.1) is 0 Å². The largest absolute Gasteiger partial charge is 0.484 e. The molecule has 1 aliphatic rings. The molecular weight excluding hydrogens is 330 g/mol. The molecule has 1 aliphatic heterocycles. The normalized spacial score (nSPS) is 15.4. The lowest BCUT2D eigenvalue weighted by atomic mass is 10.0. The Hall–Kier alpha value is -2.08. The zero-order chi connectivity index (χ0) is 19.1. The van der Waals surface area contributed by atoms with Crippen molar-refractivity contribution in [2.45, 2.75) is 39.7 Å². The van der Waals surface area contributed by atoms with Crippen LogP contribution in [0.4, 0.5) is 0 Å². The zero-order valence-corrected chi connectivity index (χ0v) is 16.3. The van der Waals surface area contributed by atoms with Gasteiger partial charge in [0.2, 0.25) is 5.91 Å². The lowest BCUT2D eigenvalue weighted by Gasteiger charge is -2.34. The smallest absolute Gasteiger partial charge is 0.260 e. The predicted octanol–water partition coefficient (Wildman–Crippen LogP) is 1.86. The van der Waals surface area contributed by atoms with E-state index in [-0.39, 0.29) is 24.5 Å². The Labute approximate surface area is 156 Å². The summed E-state index contributed by atoms with van der Waals surface area (Å²) in [6.45, 7) is 11.3. The number of carbonyl (C=O) groups excluding carboxylic acids is 2. The molecule has 1 heterocycles. The van der Waals surface area contributed by atoms with E-state index in [0.29, 0.717) is 38.6 Å². The molecule has 0 bridgehead atoms. The van der Waals surface area contributed by atoms with Crippen molar-refractivity contribution < 1.29 is 14.3 Å². The van der Waals surface area contributed by atoms with Crippen molar-refractivity contribution in [3.63, 3.8) is 0 Å². The van der Waals surface area contributed by atoms with Gasteiger partial charge in [-0.25, -0.2) is 0 Å². The number of carbonyl (C=O) groups is 2. The van der Waals surface area contributed by atoms with Gasteiger partial charge in [-0.05, 0) is 37.5 Å². The Bertz CT molecular complexity index is 608. The predicted molar refractivity (Wildman–Crippen MR) is 102 cm³/mol. The van der Waals surface area contributed by atoms with Crippen molar-refractivity contribution in [3.8, 4) is 5.75 Å². The Balaban J connectivity index is 1.74. The van der Waals surface area contributed by atoms with Gasteiger partial charge in [-0.3, -0.25) is 14.5 Å². The summed E-state index contributed by atoms with van der Waals surface area (Å²) in [5.41, 5.74) is 1.20. The number of hydrogen-bond donors (Lipinski definition) is 1. The molecule has 144 valence electrons. The van der Waals surface area contributed by atoms with Crippen molar-refractivity contribution in [1.29, 1.82) is 0 Å². The summed E-state index contributed by atoms with van der Waals surface area (Å²) < 4.78 is 5.68. The standard InChI is InChI=1S/C20H31N3O3/c1-15(2)17-6-5-7-18(12-17)26-14-20(25)23-10-8-22(9-11-23)13-19(24)21-16(3)4/h5-7,12,15-16H,8-11,13-14H2,1-4H3,(H,21,24). The van der Waals surface area contributed by atoms with Crippen molar-refractivity contribution >= 4 is 11.8 Å². The van der Waals surface area contributed by atoms with Crippen LogP contribution < -0.4 is 10.1 Å². The SMILES string of the molecule is CC(C)NC(=O)CN1CCN(C(=O)COc2cccc(C(C)C)c2)CC1. The van der Waals surface area contributed by atoms with Crippen LogP contribution in [0, 0.1) is 0 Å². The minimum Gasteiger partial charge on any atom is -0.484 e. The fourth-order valence-electron chi connectivity index (χ4n) is 2.93. The molecule has 6 heteroatoms. The molecule has 0 spiro atoms. The van der Waals surface area contributed by atoms with Gasteiger partial charge in [0.05, 0.1) is 6.54 Å². The van der Waals surface area contributed by atoms with Crippen LogP contribution in [0.1, 0.15) is 39.2 Å². The topological polar surface area (TPSA) is 61.9 Å². The second-order valence-corrected chi connectivity index (χ2v) is 7.40. The highest BCUT2D eigenvalue weighted by molar-refractivity contribution is 5.79. The van der Waals surface area contributed by atoms with E-state index in [0.717, 1.165) is 5.75 Å². The highest BCUT2D eigenvalue weighted by Crippen LogP contribution is 2.20. The zero-order valence-electron chi connectivity index (χ0n) is 16.3. The average Bonchev–Trinajstić information content (AvgIpc) is 2.59. The van der Waals surface area contributed by atoms with E-state index in [4.69, 9.17) is 4.74 Å². The minimum atomic E-state index is -0.00812. The van der Waals surface area contributed by atoms with Crippen LogP contribution in [0.3, 0.4) is 0 Å². The molecule has 1 saturated heterocycles. The Morgan fingerprint density at radius 1 is 1.12 bits per heavy atom. The third-order valence-corrected chi connectivity index (χ3v) is 4.43. The van der Waals surface area contributed by atoms with Gasteiger partial charge in [0, 0.05) is 32.2 Å². The first-order valence-electron chi connectivity index (χ1n) is 9.37. The van der Waals surface area contributed by atoms with E-state index in [1.54, 1.807) is 0 Å². The molecule has 2 rings (SSSR count). The van der Waals surface area contributed by atoms with E-state index in [1.165, 1.54) is 5.56 Å². The highest BCUT2D eigenvalue weighted by atomic mass is 16.5. The summed E-state index contributed by atoms with van der Waals surface area (Å²) in [6.07, 6.45) is 0. The molecule has 26 heavy (non-hydrogen) atoms. The van der Waals surface area contributed by atoms with E-state index in [9.17, 15) is 9.59 Å². The monoisotopic (exact) mass is 361 g/mol. The molecule has 0 aromatic heterocycles. The Morgan fingerprint density at radius 3 is 2.42 bits per heavy atom.